The van der Waals surface area contributed by atoms with Crippen molar-refractivity contribution in [3.05, 3.63) is 29.8 Å². The number of hydrogen-bond acceptors (Lipinski definition) is 3. The van der Waals surface area contributed by atoms with Crippen LogP contribution in [0.4, 0.5) is 8.78 Å². The number of carbonyl (C=O) groups excluding carboxylic acids is 1. The molecule has 2 atom stereocenters. The summed E-state index contributed by atoms with van der Waals surface area (Å²) in [7, 11) is 1.61. The fourth-order valence-corrected chi connectivity index (χ4v) is 1.73. The van der Waals surface area contributed by atoms with Gasteiger partial charge in [-0.3, -0.25) is 4.79 Å². The number of nitrogens with one attached hydrogen (secondary N) is 1. The van der Waals surface area contributed by atoms with E-state index in [4.69, 9.17) is 10.5 Å². The summed E-state index contributed by atoms with van der Waals surface area (Å²) in [6, 6.07) is 3.06. The van der Waals surface area contributed by atoms with Crippen LogP contribution in [-0.2, 0) is 4.79 Å². The normalized spacial score (nSPS) is 15.6. The molecule has 0 spiro atoms. The largest absolute Gasteiger partial charge is 0.488 e. The van der Waals surface area contributed by atoms with E-state index >= 15 is 0 Å². The lowest BCUT2D eigenvalue weighted by Crippen LogP contribution is -2.53. The maximum Gasteiger partial charge on any atom is 0.237 e. The molecule has 0 aliphatic carbocycles. The highest BCUT2D eigenvalue weighted by molar-refractivity contribution is 5.84. The van der Waals surface area contributed by atoms with Crippen LogP contribution in [-0.4, -0.2) is 24.6 Å². The molecule has 0 bridgehead atoms. The lowest BCUT2D eigenvalue weighted by molar-refractivity contribution is -0.124. The number of nitrogens with two attached hydrogens (primary N) is 1. The molecule has 106 valence electrons. The first kappa shape index (κ1) is 15.4. The average molecular weight is 272 g/mol. The smallest absolute Gasteiger partial charge is 0.237 e. The van der Waals surface area contributed by atoms with Crippen molar-refractivity contribution in [1.82, 2.24) is 5.32 Å². The van der Waals surface area contributed by atoms with E-state index < -0.39 is 29.2 Å². The topological polar surface area (TPSA) is 64.3 Å². The van der Waals surface area contributed by atoms with Crippen LogP contribution >= 0.6 is 0 Å². The molecule has 0 saturated heterocycles. The Kier molecular flexibility index (Phi) is 4.83. The van der Waals surface area contributed by atoms with Crippen LogP contribution in [0, 0.1) is 11.6 Å². The Morgan fingerprint density at radius 1 is 1.53 bits per heavy atom. The summed E-state index contributed by atoms with van der Waals surface area (Å²) in [5, 5.41) is 2.81. The van der Waals surface area contributed by atoms with E-state index in [-0.39, 0.29) is 12.2 Å². The summed E-state index contributed by atoms with van der Waals surface area (Å²) >= 11 is 0. The monoisotopic (exact) mass is 272 g/mol. The molecule has 2 unspecified atom stereocenters. The molecule has 1 rings (SSSR count). The average Bonchev–Trinajstić information content (AvgIpc) is 2.32. The number of hydrogen-bond donors (Lipinski definition) is 2. The maximum absolute atomic E-state index is 13.4. The summed E-state index contributed by atoms with van der Waals surface area (Å²) < 4.78 is 31.5. The molecule has 0 aliphatic heterocycles. The third kappa shape index (κ3) is 3.89. The van der Waals surface area contributed by atoms with Gasteiger partial charge in [0, 0.05) is 12.5 Å². The molecule has 3 N–H and O–H groups in total. The van der Waals surface area contributed by atoms with Gasteiger partial charge in [0.2, 0.25) is 5.91 Å². The number of rotatable bonds is 6. The second-order valence-electron chi connectivity index (χ2n) is 4.65. The lowest BCUT2D eigenvalue weighted by Gasteiger charge is -2.28. The second kappa shape index (κ2) is 5.97. The van der Waals surface area contributed by atoms with Crippen molar-refractivity contribution >= 4 is 5.91 Å². The van der Waals surface area contributed by atoms with Gasteiger partial charge in [0.15, 0.2) is 11.6 Å². The van der Waals surface area contributed by atoms with Gasteiger partial charge in [0.25, 0.3) is 0 Å². The SMILES string of the molecule is CNC(C)(CC(C)Oc1ccc(F)cc1F)C(N)=O. The first-order chi connectivity index (χ1) is 8.78. The zero-order valence-corrected chi connectivity index (χ0v) is 11.2. The molecule has 0 heterocycles. The van der Waals surface area contributed by atoms with Crippen LogP contribution in [0.3, 0.4) is 0 Å². The number of ether oxygens (including phenoxy) is 1. The van der Waals surface area contributed by atoms with Crippen LogP contribution in [0.15, 0.2) is 18.2 Å². The first-order valence-electron chi connectivity index (χ1n) is 5.89. The van der Waals surface area contributed by atoms with Crippen molar-refractivity contribution in [2.24, 2.45) is 5.73 Å². The third-order valence-corrected chi connectivity index (χ3v) is 3.01. The molecule has 0 radical (unpaired) electrons. The van der Waals surface area contributed by atoms with Crippen LogP contribution in [0.25, 0.3) is 0 Å². The van der Waals surface area contributed by atoms with Gasteiger partial charge in [-0.2, -0.15) is 0 Å². The molecule has 6 heteroatoms. The van der Waals surface area contributed by atoms with Crippen molar-refractivity contribution in [3.63, 3.8) is 0 Å². The lowest BCUT2D eigenvalue weighted by atomic mass is 9.94. The number of amides is 1. The minimum Gasteiger partial charge on any atom is -0.488 e. The Hall–Kier alpha value is -1.69. The Morgan fingerprint density at radius 2 is 2.16 bits per heavy atom. The highest BCUT2D eigenvalue weighted by Gasteiger charge is 2.31. The van der Waals surface area contributed by atoms with Gasteiger partial charge >= 0.3 is 0 Å². The zero-order chi connectivity index (χ0) is 14.6. The van der Waals surface area contributed by atoms with E-state index in [1.54, 1.807) is 20.9 Å². The Bertz CT molecular complexity index is 468. The highest BCUT2D eigenvalue weighted by atomic mass is 19.1. The molecular formula is C13H18F2N2O2. The molecule has 4 nitrogen and oxygen atoms in total. The summed E-state index contributed by atoms with van der Waals surface area (Å²) in [6.07, 6.45) is -0.208. The van der Waals surface area contributed by atoms with Gasteiger partial charge in [-0.05, 0) is 33.0 Å². The predicted molar refractivity (Wildman–Crippen MR) is 67.7 cm³/mol. The van der Waals surface area contributed by atoms with Gasteiger partial charge in [-0.15, -0.1) is 0 Å². The van der Waals surface area contributed by atoms with Crippen LogP contribution in [0.5, 0.6) is 5.75 Å². The minimum atomic E-state index is -0.948. The molecule has 1 amide bonds. The highest BCUT2D eigenvalue weighted by Crippen LogP contribution is 2.22. The Labute approximate surface area is 110 Å². The van der Waals surface area contributed by atoms with Crippen molar-refractivity contribution in [2.45, 2.75) is 31.9 Å². The van der Waals surface area contributed by atoms with Crippen molar-refractivity contribution in [1.29, 1.82) is 0 Å². The van der Waals surface area contributed by atoms with E-state index in [1.165, 1.54) is 6.07 Å². The van der Waals surface area contributed by atoms with Gasteiger partial charge in [-0.1, -0.05) is 0 Å². The van der Waals surface area contributed by atoms with E-state index in [9.17, 15) is 13.6 Å². The van der Waals surface area contributed by atoms with Gasteiger partial charge in [-0.25, -0.2) is 8.78 Å². The van der Waals surface area contributed by atoms with E-state index in [2.05, 4.69) is 5.32 Å². The fourth-order valence-electron chi connectivity index (χ4n) is 1.73. The van der Waals surface area contributed by atoms with Gasteiger partial charge in [0.1, 0.15) is 5.82 Å². The van der Waals surface area contributed by atoms with Crippen LogP contribution in [0.1, 0.15) is 20.3 Å². The molecule has 1 aromatic carbocycles. The fraction of sp³-hybridized carbons (Fsp3) is 0.462. The molecule has 0 aliphatic rings. The number of carbonyl (C=O) groups is 1. The quantitative estimate of drug-likeness (QED) is 0.826. The van der Waals surface area contributed by atoms with Crippen LogP contribution in [0.2, 0.25) is 0 Å². The van der Waals surface area contributed by atoms with Crippen LogP contribution < -0.4 is 15.8 Å². The minimum absolute atomic E-state index is 0.0585. The molecule has 19 heavy (non-hydrogen) atoms. The van der Waals surface area contributed by atoms with Crippen molar-refractivity contribution in [3.8, 4) is 5.75 Å². The summed E-state index contributed by atoms with van der Waals surface area (Å²) in [5.41, 5.74) is 4.34. The molecule has 0 aromatic heterocycles. The van der Waals surface area contributed by atoms with Gasteiger partial charge < -0.3 is 15.8 Å². The Balaban J connectivity index is 2.74. The van der Waals surface area contributed by atoms with E-state index in [1.807, 2.05) is 0 Å². The van der Waals surface area contributed by atoms with E-state index in [0.717, 1.165) is 12.1 Å². The second-order valence-corrected chi connectivity index (χ2v) is 4.65. The maximum atomic E-state index is 13.4. The molecule has 0 saturated carbocycles. The first-order valence-corrected chi connectivity index (χ1v) is 5.89. The number of halogens is 2. The summed E-state index contributed by atoms with van der Waals surface area (Å²) in [6.45, 7) is 3.32. The predicted octanol–water partition coefficient (Wildman–Crippen LogP) is 1.59. The number of primary amides is 1. The molecule has 0 fully saturated rings. The Morgan fingerprint density at radius 3 is 2.63 bits per heavy atom. The zero-order valence-electron chi connectivity index (χ0n) is 11.2. The summed E-state index contributed by atoms with van der Waals surface area (Å²) in [5.74, 6) is -2.03. The molecular weight excluding hydrogens is 254 g/mol. The standard InChI is InChI=1S/C13H18F2N2O2/c1-8(7-13(2,17-3)12(16)18)19-11-5-4-9(14)6-10(11)15/h4-6,8,17H,7H2,1-3H3,(H2,16,18). The van der Waals surface area contributed by atoms with E-state index in [0.29, 0.717) is 0 Å². The van der Waals surface area contributed by atoms with Crippen molar-refractivity contribution in [2.75, 3.05) is 7.05 Å². The molecule has 1 aromatic rings. The third-order valence-electron chi connectivity index (χ3n) is 3.01. The number of likely N-dealkylation sites (N-methyl/N-ethyl adjacent to an activating group) is 1. The number of benzene rings is 1. The van der Waals surface area contributed by atoms with Crippen molar-refractivity contribution < 1.29 is 18.3 Å². The van der Waals surface area contributed by atoms with Gasteiger partial charge in [0.05, 0.1) is 11.6 Å². The summed E-state index contributed by atoms with van der Waals surface area (Å²) in [4.78, 5) is 11.3.